The van der Waals surface area contributed by atoms with Crippen molar-refractivity contribution < 1.29 is 0 Å². The van der Waals surface area contributed by atoms with Crippen LogP contribution in [-0.2, 0) is 6.54 Å². The Morgan fingerprint density at radius 2 is 1.77 bits per heavy atom. The molecule has 1 heterocycles. The zero-order chi connectivity index (χ0) is 15.4. The smallest absolute Gasteiger partial charge is 0.155 e. The molecule has 22 heavy (non-hydrogen) atoms. The highest BCUT2D eigenvalue weighted by atomic mass is 15.1. The number of hydrogen-bond donors (Lipinski definition) is 3. The molecule has 4 N–H and O–H groups in total. The molecule has 5 heteroatoms. The molecule has 1 aliphatic carbocycles. The van der Waals surface area contributed by atoms with Crippen LogP contribution in [0, 0.1) is 6.92 Å². The normalized spacial score (nSPS) is 15.0. The lowest BCUT2D eigenvalue weighted by Gasteiger charge is -2.16. The molecule has 2 aromatic rings. The van der Waals surface area contributed by atoms with E-state index in [0.717, 1.165) is 5.82 Å². The van der Waals surface area contributed by atoms with Gasteiger partial charge in [-0.05, 0) is 25.3 Å². The Balaban J connectivity index is 1.66. The number of nitrogens with two attached hydrogens (primary N) is 1. The molecular formula is C17H23N5. The van der Waals surface area contributed by atoms with Crippen LogP contribution in [0.3, 0.4) is 0 Å². The average molecular weight is 297 g/mol. The summed E-state index contributed by atoms with van der Waals surface area (Å²) < 4.78 is 0. The van der Waals surface area contributed by atoms with E-state index in [9.17, 15) is 0 Å². The zero-order valence-corrected chi connectivity index (χ0v) is 13.0. The fourth-order valence-corrected chi connectivity index (χ4v) is 2.81. The van der Waals surface area contributed by atoms with Crippen molar-refractivity contribution in [3.63, 3.8) is 0 Å². The van der Waals surface area contributed by atoms with Gasteiger partial charge in [0, 0.05) is 12.6 Å². The van der Waals surface area contributed by atoms with Crippen molar-refractivity contribution in [1.82, 2.24) is 9.97 Å². The molecule has 0 amide bonds. The van der Waals surface area contributed by atoms with Gasteiger partial charge in [0.05, 0.1) is 0 Å². The van der Waals surface area contributed by atoms with Crippen LogP contribution < -0.4 is 16.4 Å². The molecule has 5 nitrogen and oxygen atoms in total. The van der Waals surface area contributed by atoms with Crippen LogP contribution in [-0.4, -0.2) is 16.0 Å². The lowest BCUT2D eigenvalue weighted by Crippen LogP contribution is -2.18. The van der Waals surface area contributed by atoms with E-state index in [-0.39, 0.29) is 0 Å². The molecule has 1 aromatic heterocycles. The van der Waals surface area contributed by atoms with Gasteiger partial charge in [0.25, 0.3) is 0 Å². The molecule has 0 bridgehead atoms. The summed E-state index contributed by atoms with van der Waals surface area (Å²) in [6.45, 7) is 2.78. The Morgan fingerprint density at radius 3 is 2.50 bits per heavy atom. The molecule has 0 spiro atoms. The molecule has 0 unspecified atom stereocenters. The third-order valence-electron chi connectivity index (χ3n) is 4.16. The maximum absolute atomic E-state index is 6.20. The van der Waals surface area contributed by atoms with Crippen LogP contribution in [0.15, 0.2) is 30.6 Å². The molecule has 1 saturated carbocycles. The van der Waals surface area contributed by atoms with E-state index in [1.165, 1.54) is 36.8 Å². The number of nitrogens with zero attached hydrogens (tertiary/aromatic N) is 2. The van der Waals surface area contributed by atoms with Gasteiger partial charge in [-0.25, -0.2) is 9.97 Å². The summed E-state index contributed by atoms with van der Waals surface area (Å²) in [5.74, 6) is 1.43. The fourth-order valence-electron chi connectivity index (χ4n) is 2.81. The van der Waals surface area contributed by atoms with Crippen LogP contribution in [0.5, 0.6) is 0 Å². The van der Waals surface area contributed by atoms with E-state index in [2.05, 4.69) is 51.8 Å². The van der Waals surface area contributed by atoms with Crippen LogP contribution in [0.25, 0.3) is 0 Å². The van der Waals surface area contributed by atoms with Crippen molar-refractivity contribution in [3.8, 4) is 0 Å². The molecule has 1 aliphatic rings. The Morgan fingerprint density at radius 1 is 1.09 bits per heavy atom. The molecule has 0 atom stereocenters. The first-order valence-electron chi connectivity index (χ1n) is 7.89. The molecule has 116 valence electrons. The first kappa shape index (κ1) is 14.6. The second-order valence-corrected chi connectivity index (χ2v) is 5.95. The number of aryl methyl sites for hydroxylation is 1. The van der Waals surface area contributed by atoms with Gasteiger partial charge < -0.3 is 16.4 Å². The van der Waals surface area contributed by atoms with Gasteiger partial charge in [-0.15, -0.1) is 0 Å². The lowest BCUT2D eigenvalue weighted by molar-refractivity contribution is 0.750. The second kappa shape index (κ2) is 6.64. The van der Waals surface area contributed by atoms with E-state index in [1.807, 2.05) is 0 Å². The van der Waals surface area contributed by atoms with Gasteiger partial charge in [0.2, 0.25) is 0 Å². The van der Waals surface area contributed by atoms with Crippen LogP contribution >= 0.6 is 0 Å². The molecular weight excluding hydrogens is 274 g/mol. The van der Waals surface area contributed by atoms with Crippen molar-refractivity contribution in [2.75, 3.05) is 16.4 Å². The molecule has 1 fully saturated rings. The van der Waals surface area contributed by atoms with Crippen molar-refractivity contribution in [3.05, 3.63) is 41.7 Å². The van der Waals surface area contributed by atoms with E-state index >= 15 is 0 Å². The standard InChI is InChI=1S/C17H23N5/c1-12-6-8-13(9-7-12)10-19-16-15(18)17(21-11-20-16)22-14-4-2-3-5-14/h6-9,11,14H,2-5,10,18H2,1H3,(H2,19,20,21,22). The summed E-state index contributed by atoms with van der Waals surface area (Å²) in [4.78, 5) is 8.54. The van der Waals surface area contributed by atoms with Gasteiger partial charge in [0.15, 0.2) is 11.6 Å². The average Bonchev–Trinajstić information content (AvgIpc) is 3.03. The van der Waals surface area contributed by atoms with Crippen molar-refractivity contribution in [2.24, 2.45) is 0 Å². The summed E-state index contributed by atoms with van der Waals surface area (Å²) in [6, 6.07) is 8.91. The fraction of sp³-hybridized carbons (Fsp3) is 0.412. The largest absolute Gasteiger partial charge is 0.393 e. The Kier molecular flexibility index (Phi) is 4.42. The SMILES string of the molecule is Cc1ccc(CNc2ncnc(NC3CCCC3)c2N)cc1. The molecule has 0 aliphatic heterocycles. The predicted octanol–water partition coefficient (Wildman–Crippen LogP) is 3.33. The van der Waals surface area contributed by atoms with Gasteiger partial charge in [-0.2, -0.15) is 0 Å². The molecule has 3 rings (SSSR count). The number of nitrogens with one attached hydrogen (secondary N) is 2. The minimum absolute atomic E-state index is 0.488. The number of nitrogen functional groups attached to an aromatic ring is 1. The van der Waals surface area contributed by atoms with E-state index in [1.54, 1.807) is 6.33 Å². The highest BCUT2D eigenvalue weighted by Gasteiger charge is 2.17. The van der Waals surface area contributed by atoms with Crippen molar-refractivity contribution in [2.45, 2.75) is 45.2 Å². The third kappa shape index (κ3) is 3.47. The van der Waals surface area contributed by atoms with Crippen LogP contribution in [0.1, 0.15) is 36.8 Å². The Labute approximate surface area is 131 Å². The highest BCUT2D eigenvalue weighted by Crippen LogP contribution is 2.27. The Bertz CT molecular complexity index is 617. The van der Waals surface area contributed by atoms with Crippen molar-refractivity contribution in [1.29, 1.82) is 0 Å². The maximum Gasteiger partial charge on any atom is 0.155 e. The number of rotatable bonds is 5. The quantitative estimate of drug-likeness (QED) is 0.789. The Hall–Kier alpha value is -2.30. The van der Waals surface area contributed by atoms with Crippen LogP contribution in [0.4, 0.5) is 17.3 Å². The number of benzene rings is 1. The predicted molar refractivity (Wildman–Crippen MR) is 90.8 cm³/mol. The molecule has 1 aromatic carbocycles. The summed E-state index contributed by atoms with van der Waals surface area (Å²) in [6.07, 6.45) is 6.50. The van der Waals surface area contributed by atoms with Crippen molar-refractivity contribution >= 4 is 17.3 Å². The lowest BCUT2D eigenvalue weighted by atomic mass is 10.1. The van der Waals surface area contributed by atoms with E-state index < -0.39 is 0 Å². The van der Waals surface area contributed by atoms with Gasteiger partial charge in [0.1, 0.15) is 12.0 Å². The highest BCUT2D eigenvalue weighted by molar-refractivity contribution is 5.74. The monoisotopic (exact) mass is 297 g/mol. The van der Waals surface area contributed by atoms with E-state index in [0.29, 0.717) is 24.1 Å². The minimum Gasteiger partial charge on any atom is -0.393 e. The van der Waals surface area contributed by atoms with Gasteiger partial charge in [-0.3, -0.25) is 0 Å². The maximum atomic E-state index is 6.20. The van der Waals surface area contributed by atoms with Gasteiger partial charge >= 0.3 is 0 Å². The van der Waals surface area contributed by atoms with Crippen LogP contribution in [0.2, 0.25) is 0 Å². The number of aromatic nitrogens is 2. The number of hydrogen-bond acceptors (Lipinski definition) is 5. The third-order valence-corrected chi connectivity index (χ3v) is 4.16. The topological polar surface area (TPSA) is 75.9 Å². The van der Waals surface area contributed by atoms with E-state index in [4.69, 9.17) is 5.73 Å². The minimum atomic E-state index is 0.488. The number of anilines is 3. The summed E-state index contributed by atoms with van der Waals surface area (Å²) >= 11 is 0. The summed E-state index contributed by atoms with van der Waals surface area (Å²) in [7, 11) is 0. The molecule has 0 radical (unpaired) electrons. The first-order chi connectivity index (χ1) is 10.7. The molecule has 0 saturated heterocycles. The summed E-state index contributed by atoms with van der Waals surface area (Å²) in [5, 5.41) is 6.74. The first-order valence-corrected chi connectivity index (χ1v) is 7.89. The zero-order valence-electron chi connectivity index (χ0n) is 13.0. The second-order valence-electron chi connectivity index (χ2n) is 5.95. The van der Waals surface area contributed by atoms with Gasteiger partial charge in [-0.1, -0.05) is 42.7 Å². The summed E-state index contributed by atoms with van der Waals surface area (Å²) in [5.41, 5.74) is 9.26.